The Morgan fingerprint density at radius 1 is 1.40 bits per heavy atom. The minimum atomic E-state index is -3.08. The van der Waals surface area contributed by atoms with Crippen molar-refractivity contribution in [3.8, 4) is 0 Å². The molecule has 0 saturated carbocycles. The highest BCUT2D eigenvalue weighted by Crippen LogP contribution is 2.34. The van der Waals surface area contributed by atoms with Crippen LogP contribution in [-0.4, -0.2) is 28.7 Å². The van der Waals surface area contributed by atoms with Crippen molar-refractivity contribution in [3.05, 3.63) is 24.2 Å². The predicted octanol–water partition coefficient (Wildman–Crippen LogP) is 2.48. The van der Waals surface area contributed by atoms with Gasteiger partial charge in [0, 0.05) is 12.7 Å². The molecule has 0 amide bonds. The van der Waals surface area contributed by atoms with Gasteiger partial charge in [0.05, 0.1) is 5.75 Å². The molecule has 1 atom stereocenters. The van der Waals surface area contributed by atoms with Crippen LogP contribution in [0.4, 0.5) is 0 Å². The molecule has 0 N–H and O–H groups in total. The zero-order valence-corrected chi connectivity index (χ0v) is 12.4. The predicted molar refractivity (Wildman–Crippen MR) is 78.2 cm³/mol. The smallest absolute Gasteiger partial charge is 0.160 e. The molecule has 1 fully saturated rings. The van der Waals surface area contributed by atoms with E-state index in [1.54, 1.807) is 6.20 Å². The maximum Gasteiger partial charge on any atom is 0.160 e. The third-order valence-corrected chi connectivity index (χ3v) is 6.02. The van der Waals surface area contributed by atoms with Crippen molar-refractivity contribution in [1.82, 2.24) is 14.5 Å². The molecule has 5 nitrogen and oxygen atoms in total. The maximum absolute atomic E-state index is 12.3. The zero-order valence-electron chi connectivity index (χ0n) is 11.6. The minimum absolute atomic E-state index is 0.278. The van der Waals surface area contributed by atoms with Crippen molar-refractivity contribution in [1.29, 1.82) is 0 Å². The van der Waals surface area contributed by atoms with Crippen LogP contribution >= 0.6 is 0 Å². The Hall–Kier alpha value is -1.43. The van der Waals surface area contributed by atoms with Gasteiger partial charge < -0.3 is 4.57 Å². The Balaban J connectivity index is 2.17. The average Bonchev–Trinajstić information content (AvgIpc) is 2.78. The molecule has 1 aliphatic heterocycles. The number of sulfone groups is 1. The fraction of sp³-hybridized carbons (Fsp3) is 0.571. The molecule has 108 valence electrons. The first kappa shape index (κ1) is 13.5. The Morgan fingerprint density at radius 2 is 2.25 bits per heavy atom. The van der Waals surface area contributed by atoms with E-state index < -0.39 is 15.1 Å². The topological polar surface area (TPSA) is 64.8 Å². The zero-order chi connectivity index (χ0) is 14.2. The van der Waals surface area contributed by atoms with Gasteiger partial charge in [0.1, 0.15) is 16.6 Å². The number of aryl methyl sites for hydroxylation is 1. The quantitative estimate of drug-likeness (QED) is 0.872. The van der Waals surface area contributed by atoms with E-state index in [0.29, 0.717) is 12.2 Å². The van der Waals surface area contributed by atoms with Gasteiger partial charge in [0.2, 0.25) is 0 Å². The molecule has 20 heavy (non-hydrogen) atoms. The number of nitrogens with zero attached hydrogens (tertiary/aromatic N) is 3. The largest absolute Gasteiger partial charge is 0.312 e. The van der Waals surface area contributed by atoms with Crippen molar-refractivity contribution < 1.29 is 8.42 Å². The molecule has 1 aliphatic rings. The number of aromatic nitrogens is 3. The van der Waals surface area contributed by atoms with Gasteiger partial charge in [-0.15, -0.1) is 0 Å². The van der Waals surface area contributed by atoms with Gasteiger partial charge in [-0.2, -0.15) is 0 Å². The van der Waals surface area contributed by atoms with Crippen LogP contribution in [0.25, 0.3) is 11.2 Å². The van der Waals surface area contributed by atoms with Gasteiger partial charge in [-0.1, -0.05) is 13.3 Å². The molecular formula is C14H19N3O2S. The molecule has 0 aliphatic carbocycles. The standard InChI is InChI=1S/C14H19N3O2S/c1-2-9-17-13-11(6-5-8-15-13)16-14(17)12-7-3-4-10-20(12,18)19/h5-6,8,12H,2-4,7,9-10H2,1H3. The lowest BCUT2D eigenvalue weighted by molar-refractivity contribution is 0.525. The number of hydrogen-bond donors (Lipinski definition) is 0. The van der Waals surface area contributed by atoms with Gasteiger partial charge >= 0.3 is 0 Å². The molecule has 1 unspecified atom stereocenters. The summed E-state index contributed by atoms with van der Waals surface area (Å²) in [4.78, 5) is 8.94. The fourth-order valence-electron chi connectivity index (χ4n) is 2.91. The number of imidazole rings is 1. The molecule has 3 heterocycles. The molecule has 0 spiro atoms. The normalized spacial score (nSPS) is 22.1. The van der Waals surface area contributed by atoms with E-state index in [4.69, 9.17) is 0 Å². The van der Waals surface area contributed by atoms with Crippen LogP contribution in [0.3, 0.4) is 0 Å². The summed E-state index contributed by atoms with van der Waals surface area (Å²) in [6, 6.07) is 3.73. The number of rotatable bonds is 3. The highest BCUT2D eigenvalue weighted by Gasteiger charge is 2.34. The first-order valence-corrected chi connectivity index (χ1v) is 8.87. The molecule has 2 aromatic rings. The molecule has 1 saturated heterocycles. The van der Waals surface area contributed by atoms with Crippen LogP contribution in [0.5, 0.6) is 0 Å². The number of pyridine rings is 1. The summed E-state index contributed by atoms with van der Waals surface area (Å²) in [5.74, 6) is 0.959. The summed E-state index contributed by atoms with van der Waals surface area (Å²) in [6.45, 7) is 2.84. The summed E-state index contributed by atoms with van der Waals surface area (Å²) in [5.41, 5.74) is 1.59. The van der Waals surface area contributed by atoms with E-state index >= 15 is 0 Å². The Kier molecular flexibility index (Phi) is 3.50. The van der Waals surface area contributed by atoms with Gasteiger partial charge in [-0.05, 0) is 31.4 Å². The average molecular weight is 293 g/mol. The van der Waals surface area contributed by atoms with Gasteiger partial charge in [0.25, 0.3) is 0 Å². The van der Waals surface area contributed by atoms with Gasteiger partial charge in [-0.25, -0.2) is 18.4 Å². The molecule has 0 aromatic carbocycles. The SMILES string of the molecule is CCCn1c(C2CCCCS2(=O)=O)nc2cccnc21. The molecule has 6 heteroatoms. The Labute approximate surface area is 119 Å². The summed E-state index contributed by atoms with van der Waals surface area (Å²) >= 11 is 0. The van der Waals surface area contributed by atoms with Crippen LogP contribution in [0.15, 0.2) is 18.3 Å². The third kappa shape index (κ3) is 2.22. The van der Waals surface area contributed by atoms with E-state index in [1.165, 1.54) is 0 Å². The van der Waals surface area contributed by atoms with E-state index in [1.807, 2.05) is 16.7 Å². The Morgan fingerprint density at radius 3 is 3.00 bits per heavy atom. The maximum atomic E-state index is 12.3. The van der Waals surface area contributed by atoms with E-state index in [-0.39, 0.29) is 5.75 Å². The summed E-state index contributed by atoms with van der Waals surface area (Å²) in [5, 5.41) is -0.461. The molecular weight excluding hydrogens is 274 g/mol. The summed E-state index contributed by atoms with van der Waals surface area (Å²) in [6.07, 6.45) is 5.06. The van der Waals surface area contributed by atoms with Crippen LogP contribution in [0.1, 0.15) is 43.7 Å². The second-order valence-electron chi connectivity index (χ2n) is 5.32. The first-order chi connectivity index (χ1) is 9.63. The lowest BCUT2D eigenvalue weighted by Gasteiger charge is -2.22. The molecule has 3 rings (SSSR count). The van der Waals surface area contributed by atoms with Gasteiger partial charge in [0.15, 0.2) is 15.5 Å². The molecule has 0 radical (unpaired) electrons. The van der Waals surface area contributed by atoms with Crippen molar-refractivity contribution in [2.75, 3.05) is 5.75 Å². The highest BCUT2D eigenvalue weighted by atomic mass is 32.2. The van der Waals surface area contributed by atoms with E-state index in [2.05, 4.69) is 16.9 Å². The van der Waals surface area contributed by atoms with Crippen molar-refractivity contribution in [3.63, 3.8) is 0 Å². The second kappa shape index (κ2) is 5.16. The molecule has 2 aromatic heterocycles. The summed E-state index contributed by atoms with van der Waals surface area (Å²) in [7, 11) is -3.08. The lowest BCUT2D eigenvalue weighted by atomic mass is 10.2. The van der Waals surface area contributed by atoms with Crippen LogP contribution in [0, 0.1) is 0 Å². The third-order valence-electron chi connectivity index (χ3n) is 3.85. The second-order valence-corrected chi connectivity index (χ2v) is 7.62. The summed E-state index contributed by atoms with van der Waals surface area (Å²) < 4.78 is 26.7. The van der Waals surface area contributed by atoms with Crippen molar-refractivity contribution >= 4 is 21.0 Å². The monoisotopic (exact) mass is 293 g/mol. The van der Waals surface area contributed by atoms with Crippen LogP contribution in [0.2, 0.25) is 0 Å². The van der Waals surface area contributed by atoms with E-state index in [0.717, 1.165) is 37.0 Å². The van der Waals surface area contributed by atoms with Crippen LogP contribution in [-0.2, 0) is 16.4 Å². The van der Waals surface area contributed by atoms with Crippen molar-refractivity contribution in [2.24, 2.45) is 0 Å². The number of fused-ring (bicyclic) bond motifs is 1. The van der Waals surface area contributed by atoms with Crippen molar-refractivity contribution in [2.45, 2.75) is 44.4 Å². The van der Waals surface area contributed by atoms with Crippen LogP contribution < -0.4 is 0 Å². The first-order valence-electron chi connectivity index (χ1n) is 7.16. The Bertz CT molecular complexity index is 721. The van der Waals surface area contributed by atoms with Gasteiger partial charge in [-0.3, -0.25) is 0 Å². The highest BCUT2D eigenvalue weighted by molar-refractivity contribution is 7.91. The fourth-order valence-corrected chi connectivity index (χ4v) is 4.83. The minimum Gasteiger partial charge on any atom is -0.312 e. The van der Waals surface area contributed by atoms with E-state index in [9.17, 15) is 8.42 Å². The number of hydrogen-bond acceptors (Lipinski definition) is 4. The molecule has 0 bridgehead atoms. The lowest BCUT2D eigenvalue weighted by Crippen LogP contribution is -2.24.